The highest BCUT2D eigenvalue weighted by molar-refractivity contribution is 8.68. The van der Waals surface area contributed by atoms with Gasteiger partial charge in [-0.1, -0.05) is 10.2 Å². The van der Waals surface area contributed by atoms with Crippen molar-refractivity contribution in [3.05, 3.63) is 0 Å². The lowest BCUT2D eigenvalue weighted by Gasteiger charge is -1.92. The molecule has 0 unspecified atom stereocenters. The summed E-state index contributed by atoms with van der Waals surface area (Å²) in [5.74, 6) is 0. The van der Waals surface area contributed by atoms with Crippen LogP contribution in [-0.2, 0) is 0 Å². The van der Waals surface area contributed by atoms with Gasteiger partial charge in [-0.15, -0.1) is 11.7 Å². The number of hydrogen-bond acceptors (Lipinski definition) is 6. The van der Waals surface area contributed by atoms with Gasteiger partial charge in [0.15, 0.2) is 0 Å². The summed E-state index contributed by atoms with van der Waals surface area (Å²) in [5, 5.41) is 11.1. The molecule has 1 aromatic heterocycles. The van der Waals surface area contributed by atoms with Crippen LogP contribution >= 0.6 is 22.5 Å². The van der Waals surface area contributed by atoms with Crippen LogP contribution < -0.4 is 5.32 Å². The second kappa shape index (κ2) is 2.94. The van der Waals surface area contributed by atoms with Crippen molar-refractivity contribution in [1.29, 1.82) is 0 Å². The Labute approximate surface area is 73.0 Å². The van der Waals surface area contributed by atoms with Crippen LogP contribution in [-0.4, -0.2) is 16.2 Å². The second-order valence-electron chi connectivity index (χ2n) is 2.38. The van der Waals surface area contributed by atoms with E-state index in [0.29, 0.717) is 17.3 Å². The third-order valence-electron chi connectivity index (χ3n) is 1.39. The molecule has 0 atom stereocenters. The van der Waals surface area contributed by atoms with Gasteiger partial charge in [0, 0.05) is 16.8 Å². The minimum Gasteiger partial charge on any atom is -0.397 e. The minimum absolute atomic E-state index is 0.483. The molecule has 6 heteroatoms. The molecule has 1 saturated carbocycles. The van der Waals surface area contributed by atoms with Crippen LogP contribution in [0, 0.1) is 0 Å². The first kappa shape index (κ1) is 7.30. The minimum atomic E-state index is 0.483. The van der Waals surface area contributed by atoms with Crippen LogP contribution in [0.4, 0.5) is 6.01 Å². The van der Waals surface area contributed by atoms with Crippen molar-refractivity contribution in [2.75, 3.05) is 5.32 Å². The summed E-state index contributed by atoms with van der Waals surface area (Å²) in [4.78, 5) is 0. The molecule has 60 valence electrons. The van der Waals surface area contributed by atoms with Gasteiger partial charge in [-0.3, -0.25) is 0 Å². The fourth-order valence-corrected chi connectivity index (χ4v) is 1.12. The second-order valence-corrected chi connectivity index (χ2v) is 3.46. The van der Waals surface area contributed by atoms with E-state index in [2.05, 4.69) is 27.2 Å². The zero-order valence-corrected chi connectivity index (χ0v) is 7.36. The largest absolute Gasteiger partial charge is 0.397 e. The maximum atomic E-state index is 5.14. The highest BCUT2D eigenvalue weighted by Crippen LogP contribution is 2.26. The Balaban J connectivity index is 1.99. The highest BCUT2D eigenvalue weighted by Gasteiger charge is 2.23. The normalized spacial score (nSPS) is 16.8. The molecular weight excluding hydrogens is 182 g/mol. The number of aromatic nitrogens is 2. The van der Waals surface area contributed by atoms with Crippen LogP contribution in [0.5, 0.6) is 0 Å². The van der Waals surface area contributed by atoms with Crippen LogP contribution in [0.25, 0.3) is 0 Å². The monoisotopic (exact) mass is 189 g/mol. The van der Waals surface area contributed by atoms with Crippen molar-refractivity contribution >= 4 is 28.5 Å². The molecule has 1 aliphatic carbocycles. The van der Waals surface area contributed by atoms with Crippen molar-refractivity contribution in [3.63, 3.8) is 0 Å². The van der Waals surface area contributed by atoms with Crippen molar-refractivity contribution in [1.82, 2.24) is 10.2 Å². The van der Waals surface area contributed by atoms with Crippen LogP contribution in [0.2, 0.25) is 0 Å². The maximum absolute atomic E-state index is 5.14. The number of rotatable bonds is 3. The van der Waals surface area contributed by atoms with Gasteiger partial charge in [-0.05, 0) is 12.8 Å². The first-order valence-corrected chi connectivity index (χ1v) is 5.17. The third-order valence-corrected chi connectivity index (χ3v) is 2.18. The molecule has 0 spiro atoms. The number of nitrogens with zero attached hydrogens (tertiary/aromatic N) is 2. The van der Waals surface area contributed by atoms with E-state index in [1.807, 2.05) is 0 Å². The SMILES string of the molecule is SSc1nnc(NC2CC2)o1. The first-order valence-electron chi connectivity index (χ1n) is 3.30. The molecule has 1 aromatic rings. The number of hydrogen-bond donors (Lipinski definition) is 2. The average Bonchev–Trinajstić information content (AvgIpc) is 2.68. The smallest absolute Gasteiger partial charge is 0.316 e. The predicted octanol–water partition coefficient (Wildman–Crippen LogP) is 1.58. The summed E-state index contributed by atoms with van der Waals surface area (Å²) in [7, 11) is 1.15. The number of thiol groups is 1. The summed E-state index contributed by atoms with van der Waals surface area (Å²) in [6.45, 7) is 0. The number of nitrogens with one attached hydrogen (secondary N) is 1. The Morgan fingerprint density at radius 3 is 2.91 bits per heavy atom. The molecular formula is C5H7N3OS2. The Bertz CT molecular complexity index is 248. The van der Waals surface area contributed by atoms with Crippen LogP contribution in [0.1, 0.15) is 12.8 Å². The predicted molar refractivity (Wildman–Crippen MR) is 45.8 cm³/mol. The molecule has 0 bridgehead atoms. The van der Waals surface area contributed by atoms with E-state index >= 15 is 0 Å². The molecule has 1 N–H and O–H groups in total. The molecule has 0 aliphatic heterocycles. The molecule has 1 fully saturated rings. The molecule has 0 radical (unpaired) electrons. The third kappa shape index (κ3) is 1.81. The lowest BCUT2D eigenvalue weighted by atomic mass is 10.7. The molecule has 2 rings (SSSR count). The lowest BCUT2D eigenvalue weighted by molar-refractivity contribution is 0.466. The Morgan fingerprint density at radius 2 is 2.36 bits per heavy atom. The summed E-state index contributed by atoms with van der Waals surface area (Å²) in [6.07, 6.45) is 2.40. The Kier molecular flexibility index (Phi) is 1.95. The Morgan fingerprint density at radius 1 is 1.55 bits per heavy atom. The van der Waals surface area contributed by atoms with Gasteiger partial charge < -0.3 is 9.73 Å². The maximum Gasteiger partial charge on any atom is 0.316 e. The Hall–Kier alpha value is -0.360. The molecule has 11 heavy (non-hydrogen) atoms. The molecule has 1 aliphatic rings. The molecule has 1 heterocycles. The van der Waals surface area contributed by atoms with Gasteiger partial charge in [0.2, 0.25) is 0 Å². The first-order chi connectivity index (χ1) is 5.38. The fourth-order valence-electron chi connectivity index (χ4n) is 0.707. The fraction of sp³-hybridized carbons (Fsp3) is 0.600. The van der Waals surface area contributed by atoms with E-state index in [9.17, 15) is 0 Å². The topological polar surface area (TPSA) is 51.0 Å². The average molecular weight is 189 g/mol. The van der Waals surface area contributed by atoms with Gasteiger partial charge in [0.05, 0.1) is 0 Å². The van der Waals surface area contributed by atoms with Gasteiger partial charge in [-0.2, -0.15) is 0 Å². The summed E-state index contributed by atoms with van der Waals surface area (Å²) < 4.78 is 5.14. The van der Waals surface area contributed by atoms with Gasteiger partial charge in [-0.25, -0.2) is 0 Å². The van der Waals surface area contributed by atoms with E-state index < -0.39 is 0 Å². The van der Waals surface area contributed by atoms with E-state index in [4.69, 9.17) is 4.42 Å². The van der Waals surface area contributed by atoms with Gasteiger partial charge in [0.1, 0.15) is 0 Å². The van der Waals surface area contributed by atoms with E-state index in [1.165, 1.54) is 12.8 Å². The quantitative estimate of drug-likeness (QED) is 0.558. The number of anilines is 1. The summed E-state index contributed by atoms with van der Waals surface area (Å²) in [5.41, 5.74) is 0. The lowest BCUT2D eigenvalue weighted by Crippen LogP contribution is -2.00. The summed E-state index contributed by atoms with van der Waals surface area (Å²) in [6, 6.07) is 1.05. The molecule has 0 amide bonds. The van der Waals surface area contributed by atoms with Gasteiger partial charge in [0.25, 0.3) is 5.22 Å². The van der Waals surface area contributed by atoms with Crippen molar-refractivity contribution < 1.29 is 4.42 Å². The standard InChI is InChI=1S/C5H7N3OS2/c10-11-5-8-7-4(9-5)6-3-1-2-3/h3,10H,1-2H2,(H,6,7). The highest BCUT2D eigenvalue weighted by atomic mass is 33.1. The molecule has 4 nitrogen and oxygen atoms in total. The van der Waals surface area contributed by atoms with Gasteiger partial charge >= 0.3 is 6.01 Å². The van der Waals surface area contributed by atoms with E-state index in [1.54, 1.807) is 0 Å². The van der Waals surface area contributed by atoms with Crippen LogP contribution in [0.3, 0.4) is 0 Å². The zero-order chi connectivity index (χ0) is 7.68. The van der Waals surface area contributed by atoms with Crippen molar-refractivity contribution in [3.8, 4) is 0 Å². The summed E-state index contributed by atoms with van der Waals surface area (Å²) >= 11 is 3.92. The van der Waals surface area contributed by atoms with Crippen LogP contribution in [0.15, 0.2) is 9.64 Å². The van der Waals surface area contributed by atoms with E-state index in [0.717, 1.165) is 10.8 Å². The van der Waals surface area contributed by atoms with Crippen molar-refractivity contribution in [2.24, 2.45) is 0 Å². The molecule has 0 aromatic carbocycles. The molecule has 0 saturated heterocycles. The van der Waals surface area contributed by atoms with Crippen molar-refractivity contribution in [2.45, 2.75) is 24.1 Å². The zero-order valence-electron chi connectivity index (χ0n) is 5.65. The van der Waals surface area contributed by atoms with E-state index in [-0.39, 0.29) is 0 Å².